The van der Waals surface area contributed by atoms with Crippen molar-refractivity contribution in [3.63, 3.8) is 0 Å². The molecule has 5 aliphatic rings. The van der Waals surface area contributed by atoms with Crippen molar-refractivity contribution in [2.24, 2.45) is 17.3 Å². The normalized spacial score (nSPS) is 32.3. The van der Waals surface area contributed by atoms with Crippen molar-refractivity contribution in [1.82, 2.24) is 25.8 Å². The zero-order valence-corrected chi connectivity index (χ0v) is 20.7. The maximum absolute atomic E-state index is 14.5. The topological polar surface area (TPSA) is 93.8 Å². The Balaban J connectivity index is 1.20. The molecule has 5 rings (SSSR count). The third kappa shape index (κ3) is 3.97. The van der Waals surface area contributed by atoms with E-state index in [0.29, 0.717) is 31.9 Å². The number of allylic oxidation sites excluding steroid dienone is 2. The molecule has 9 heteroatoms. The largest absolute Gasteiger partial charge is 0.384 e. The summed E-state index contributed by atoms with van der Waals surface area (Å²) < 4.78 is 14.5. The molecule has 0 aromatic carbocycles. The van der Waals surface area contributed by atoms with Gasteiger partial charge in [-0.3, -0.25) is 19.3 Å². The highest BCUT2D eigenvalue weighted by Crippen LogP contribution is 2.52. The van der Waals surface area contributed by atoms with E-state index in [1.165, 1.54) is 12.2 Å². The summed E-state index contributed by atoms with van der Waals surface area (Å²) in [6.45, 7) is 10.8. The second-order valence-corrected chi connectivity index (χ2v) is 11.1. The van der Waals surface area contributed by atoms with E-state index >= 15 is 0 Å². The summed E-state index contributed by atoms with van der Waals surface area (Å²) in [5.41, 5.74) is 0.665. The molecular formula is C26H36FN5O3. The molecule has 3 aliphatic heterocycles. The van der Waals surface area contributed by atoms with E-state index in [9.17, 15) is 18.8 Å². The Hall–Kier alpha value is -2.68. The van der Waals surface area contributed by atoms with E-state index in [1.807, 2.05) is 13.8 Å². The molecule has 3 N–H and O–H groups in total. The van der Waals surface area contributed by atoms with Crippen molar-refractivity contribution in [2.75, 3.05) is 32.7 Å². The molecule has 1 saturated carbocycles. The van der Waals surface area contributed by atoms with Gasteiger partial charge >= 0.3 is 0 Å². The number of carbonyl (C=O) groups is 3. The first-order chi connectivity index (χ1) is 16.7. The van der Waals surface area contributed by atoms with Crippen LogP contribution in [0.3, 0.4) is 0 Å². The number of fused-ring (bicyclic) bond motifs is 1. The number of hydrogen-bond acceptors (Lipinski definition) is 5. The Bertz CT molecular complexity index is 1010. The van der Waals surface area contributed by atoms with E-state index in [-0.39, 0.29) is 53.3 Å². The molecule has 3 amide bonds. The van der Waals surface area contributed by atoms with Crippen molar-refractivity contribution in [3.8, 4) is 0 Å². The monoisotopic (exact) mass is 485 g/mol. The lowest BCUT2D eigenvalue weighted by atomic mass is 9.57. The van der Waals surface area contributed by atoms with Crippen LogP contribution >= 0.6 is 0 Å². The number of piperidine rings is 1. The lowest BCUT2D eigenvalue weighted by Gasteiger charge is -2.58. The summed E-state index contributed by atoms with van der Waals surface area (Å²) in [4.78, 5) is 41.8. The van der Waals surface area contributed by atoms with Gasteiger partial charge in [0.25, 0.3) is 0 Å². The van der Waals surface area contributed by atoms with Gasteiger partial charge in [-0.2, -0.15) is 0 Å². The molecule has 3 atom stereocenters. The number of carbonyl (C=O) groups excluding carboxylic acids is 3. The molecule has 190 valence electrons. The molecule has 2 unspecified atom stereocenters. The minimum absolute atomic E-state index is 0.0217. The molecule has 8 nitrogen and oxygen atoms in total. The summed E-state index contributed by atoms with van der Waals surface area (Å²) in [7, 11) is 0. The molecule has 0 radical (unpaired) electrons. The fourth-order valence-corrected chi connectivity index (χ4v) is 6.83. The molecule has 3 saturated heterocycles. The fraction of sp³-hybridized carbons (Fsp3) is 0.654. The van der Waals surface area contributed by atoms with Gasteiger partial charge in [-0.15, -0.1) is 0 Å². The van der Waals surface area contributed by atoms with E-state index in [1.54, 1.807) is 4.90 Å². The first kappa shape index (κ1) is 24.0. The summed E-state index contributed by atoms with van der Waals surface area (Å²) in [6.07, 6.45) is 6.38. The number of amides is 3. The Morgan fingerprint density at radius 3 is 2.77 bits per heavy atom. The average Bonchev–Trinajstić information content (AvgIpc) is 3.03. The summed E-state index contributed by atoms with van der Waals surface area (Å²) in [5.74, 6) is -0.603. The predicted molar refractivity (Wildman–Crippen MR) is 129 cm³/mol. The second kappa shape index (κ2) is 8.76. The number of rotatable bonds is 6. The molecule has 0 bridgehead atoms. The van der Waals surface area contributed by atoms with Crippen LogP contribution in [0.4, 0.5) is 4.39 Å². The summed E-state index contributed by atoms with van der Waals surface area (Å²) in [5, 5.41) is 9.44. The molecule has 4 fully saturated rings. The predicted octanol–water partition coefficient (Wildman–Crippen LogP) is 1.57. The van der Waals surface area contributed by atoms with Gasteiger partial charge in [0, 0.05) is 61.6 Å². The molecule has 0 aromatic heterocycles. The van der Waals surface area contributed by atoms with Crippen LogP contribution in [0, 0.1) is 17.3 Å². The molecular weight excluding hydrogens is 449 g/mol. The first-order valence-corrected chi connectivity index (χ1v) is 12.8. The Kier molecular flexibility index (Phi) is 6.02. The second-order valence-electron chi connectivity index (χ2n) is 11.1. The summed E-state index contributed by atoms with van der Waals surface area (Å²) in [6, 6.07) is -0.0390. The molecule has 3 heterocycles. The van der Waals surface area contributed by atoms with Crippen molar-refractivity contribution in [2.45, 2.75) is 57.5 Å². The van der Waals surface area contributed by atoms with Crippen LogP contribution in [-0.2, 0) is 14.4 Å². The molecule has 0 aromatic rings. The van der Waals surface area contributed by atoms with Gasteiger partial charge < -0.3 is 20.9 Å². The minimum Gasteiger partial charge on any atom is -0.384 e. The van der Waals surface area contributed by atoms with Crippen LogP contribution in [0.15, 0.2) is 36.0 Å². The van der Waals surface area contributed by atoms with Gasteiger partial charge in [0.15, 0.2) is 0 Å². The average molecular weight is 486 g/mol. The number of likely N-dealkylation sites (tertiary alicyclic amines) is 2. The van der Waals surface area contributed by atoms with Crippen LogP contribution in [0.5, 0.6) is 0 Å². The van der Waals surface area contributed by atoms with Gasteiger partial charge in [-0.25, -0.2) is 4.39 Å². The highest BCUT2D eigenvalue weighted by atomic mass is 19.1. The maximum atomic E-state index is 14.5. The highest BCUT2D eigenvalue weighted by molar-refractivity contribution is 5.92. The van der Waals surface area contributed by atoms with Crippen LogP contribution in [0.25, 0.3) is 0 Å². The van der Waals surface area contributed by atoms with Gasteiger partial charge in [0.05, 0.1) is 5.70 Å². The Morgan fingerprint density at radius 1 is 1.34 bits per heavy atom. The number of nitrogens with zero attached hydrogens (tertiary/aromatic N) is 2. The smallest absolute Gasteiger partial charge is 0.245 e. The molecule has 2 aliphatic carbocycles. The SMILES string of the molecule is C=CC(=O)N1CC2(CC(C(=O)N[C@@H]3CCCN(C4(C)C(=O)NC5=C(NCC)C=C(F)CC54)C3)C2)C1. The van der Waals surface area contributed by atoms with Crippen LogP contribution in [0.2, 0.25) is 0 Å². The van der Waals surface area contributed by atoms with E-state index < -0.39 is 5.54 Å². The lowest BCUT2D eigenvalue weighted by Crippen LogP contribution is -2.66. The third-order valence-electron chi connectivity index (χ3n) is 8.79. The number of likely N-dealkylation sites (N-methyl/N-ethyl adjacent to an activating group) is 1. The van der Waals surface area contributed by atoms with Crippen LogP contribution < -0.4 is 16.0 Å². The highest BCUT2D eigenvalue weighted by Gasteiger charge is 2.57. The van der Waals surface area contributed by atoms with Crippen molar-refractivity contribution < 1.29 is 18.8 Å². The van der Waals surface area contributed by atoms with Gasteiger partial charge in [-0.05, 0) is 58.2 Å². The van der Waals surface area contributed by atoms with Gasteiger partial charge in [-0.1, -0.05) is 6.58 Å². The minimum atomic E-state index is -0.862. The van der Waals surface area contributed by atoms with Gasteiger partial charge in [0.2, 0.25) is 17.7 Å². The maximum Gasteiger partial charge on any atom is 0.245 e. The third-order valence-corrected chi connectivity index (χ3v) is 8.79. The zero-order chi connectivity index (χ0) is 25.0. The Morgan fingerprint density at radius 2 is 2.09 bits per heavy atom. The fourth-order valence-electron chi connectivity index (χ4n) is 6.83. The standard InChI is InChI=1S/C26H36FN5O3/c1-4-21(33)31-14-26(15-31)11-16(12-26)23(34)29-18-7-6-8-32(13-18)25(3)19-9-17(27)10-20(28-5-2)22(19)30-24(25)35/h4,10,16,18-19,28H,1,5-9,11-15H2,2-3H3,(H,29,34)(H,30,35)/t18-,19?,25?/m1/s1. The van der Waals surface area contributed by atoms with E-state index in [2.05, 4.69) is 27.4 Å². The van der Waals surface area contributed by atoms with Crippen LogP contribution in [-0.4, -0.2) is 71.8 Å². The summed E-state index contributed by atoms with van der Waals surface area (Å²) >= 11 is 0. The Labute approximate surface area is 206 Å². The van der Waals surface area contributed by atoms with Crippen molar-refractivity contribution in [1.29, 1.82) is 0 Å². The quantitative estimate of drug-likeness (QED) is 0.497. The molecule has 35 heavy (non-hydrogen) atoms. The van der Waals surface area contributed by atoms with Crippen molar-refractivity contribution >= 4 is 17.7 Å². The first-order valence-electron chi connectivity index (χ1n) is 12.8. The lowest BCUT2D eigenvalue weighted by molar-refractivity contribution is -0.156. The number of halogens is 1. The molecule has 1 spiro atoms. The zero-order valence-electron chi connectivity index (χ0n) is 20.7. The number of nitrogens with one attached hydrogen (secondary N) is 3. The van der Waals surface area contributed by atoms with Crippen molar-refractivity contribution in [3.05, 3.63) is 36.0 Å². The van der Waals surface area contributed by atoms with Gasteiger partial charge in [0.1, 0.15) is 11.4 Å². The van der Waals surface area contributed by atoms with E-state index in [4.69, 9.17) is 0 Å². The van der Waals surface area contributed by atoms with E-state index in [0.717, 1.165) is 37.9 Å². The number of hydrogen-bond donors (Lipinski definition) is 3. The van der Waals surface area contributed by atoms with Crippen LogP contribution in [0.1, 0.15) is 46.0 Å².